The highest BCUT2D eigenvalue weighted by Crippen LogP contribution is 2.48. The summed E-state index contributed by atoms with van der Waals surface area (Å²) in [7, 11) is 2.78. The number of benzene rings is 1. The number of urea groups is 1. The van der Waals surface area contributed by atoms with E-state index in [4.69, 9.17) is 0 Å². The van der Waals surface area contributed by atoms with Gasteiger partial charge in [0.25, 0.3) is 5.69 Å². The van der Waals surface area contributed by atoms with Crippen molar-refractivity contribution >= 4 is 29.2 Å². The van der Waals surface area contributed by atoms with Crippen molar-refractivity contribution in [2.75, 3.05) is 25.5 Å². The molecule has 1 aromatic carbocycles. The van der Waals surface area contributed by atoms with Crippen LogP contribution < -0.4 is 4.90 Å². The number of fused-ring (bicyclic) bond motifs is 4. The van der Waals surface area contributed by atoms with E-state index in [1.165, 1.54) is 26.2 Å². The molecule has 148 valence electrons. The van der Waals surface area contributed by atoms with Crippen LogP contribution in [0.4, 0.5) is 16.2 Å². The van der Waals surface area contributed by atoms with Gasteiger partial charge in [-0.25, -0.2) is 4.79 Å². The van der Waals surface area contributed by atoms with Gasteiger partial charge in [0, 0.05) is 44.9 Å². The molecule has 0 bridgehead atoms. The third-order valence-corrected chi connectivity index (χ3v) is 6.32. The Labute approximate surface area is 162 Å². The molecule has 1 unspecified atom stereocenters. The van der Waals surface area contributed by atoms with E-state index < -0.39 is 28.2 Å². The average Bonchev–Trinajstić information content (AvgIpc) is 2.95. The first-order valence-corrected chi connectivity index (χ1v) is 9.43. The van der Waals surface area contributed by atoms with Crippen LogP contribution >= 0.6 is 0 Å². The lowest BCUT2D eigenvalue weighted by Gasteiger charge is -2.52. The predicted molar refractivity (Wildman–Crippen MR) is 99.8 cm³/mol. The van der Waals surface area contributed by atoms with E-state index in [1.54, 1.807) is 6.07 Å². The topological polar surface area (TPSA) is 104 Å². The number of barbiturate groups is 1. The summed E-state index contributed by atoms with van der Waals surface area (Å²) in [5.74, 6) is -1.04. The summed E-state index contributed by atoms with van der Waals surface area (Å²) in [6.45, 7) is 0.666. The van der Waals surface area contributed by atoms with E-state index in [0.29, 0.717) is 18.5 Å². The van der Waals surface area contributed by atoms with Crippen LogP contribution in [0.5, 0.6) is 0 Å². The molecule has 28 heavy (non-hydrogen) atoms. The molecular weight excluding hydrogens is 364 g/mol. The fourth-order valence-corrected chi connectivity index (χ4v) is 4.96. The highest BCUT2D eigenvalue weighted by Gasteiger charge is 2.63. The molecule has 3 aliphatic rings. The van der Waals surface area contributed by atoms with E-state index in [1.807, 2.05) is 0 Å². The molecule has 4 amide bonds. The number of nitrogens with zero attached hydrogens (tertiary/aromatic N) is 4. The standard InChI is InChI=1S/C19H22N4O5/c1-20-16(24)19(17(25)21(2)18(20)26)11-12-10-13(23(27)28)7-8-14(12)22-9-5-3-4-6-15(19)22/h7-8,10,15H,3-6,9,11H2,1-2H3. The number of hydrogen-bond acceptors (Lipinski definition) is 6. The van der Waals surface area contributed by atoms with Crippen LogP contribution in [0.25, 0.3) is 0 Å². The van der Waals surface area contributed by atoms with Crippen LogP contribution in [0.2, 0.25) is 0 Å². The molecule has 2 saturated heterocycles. The molecule has 0 aliphatic carbocycles. The van der Waals surface area contributed by atoms with Crippen molar-refractivity contribution in [3.8, 4) is 0 Å². The largest absolute Gasteiger partial charge is 0.367 e. The van der Waals surface area contributed by atoms with Gasteiger partial charge in [-0.2, -0.15) is 0 Å². The first kappa shape index (κ1) is 18.4. The van der Waals surface area contributed by atoms with Crippen LogP contribution in [0, 0.1) is 15.5 Å². The Kier molecular flexibility index (Phi) is 4.13. The molecule has 1 aromatic rings. The molecule has 0 N–H and O–H groups in total. The zero-order valence-electron chi connectivity index (χ0n) is 15.9. The van der Waals surface area contributed by atoms with Crippen LogP contribution in [-0.2, 0) is 16.0 Å². The summed E-state index contributed by atoms with van der Waals surface area (Å²) in [5, 5.41) is 11.3. The minimum atomic E-state index is -1.44. The lowest BCUT2D eigenvalue weighted by Crippen LogP contribution is -2.71. The smallest absolute Gasteiger partial charge is 0.332 e. The van der Waals surface area contributed by atoms with Crippen molar-refractivity contribution in [2.45, 2.75) is 38.1 Å². The second-order valence-corrected chi connectivity index (χ2v) is 7.79. The number of rotatable bonds is 1. The maximum atomic E-state index is 13.4. The molecule has 0 saturated carbocycles. The molecule has 0 aromatic heterocycles. The number of nitro benzene ring substituents is 1. The number of carbonyl (C=O) groups excluding carboxylic acids is 3. The SMILES string of the molecule is CN1C(=O)N(C)C(=O)C2(Cc3cc([N+](=O)[O-])ccc3N3CCCCCC32)C1=O. The quantitative estimate of drug-likeness (QED) is 0.415. The van der Waals surface area contributed by atoms with Crippen molar-refractivity contribution in [3.05, 3.63) is 33.9 Å². The Balaban J connectivity index is 1.93. The Morgan fingerprint density at radius 2 is 1.75 bits per heavy atom. The minimum Gasteiger partial charge on any atom is -0.367 e. The summed E-state index contributed by atoms with van der Waals surface area (Å²) >= 11 is 0. The molecule has 2 fully saturated rings. The van der Waals surface area contributed by atoms with Gasteiger partial charge in [-0.05, 0) is 24.5 Å². The van der Waals surface area contributed by atoms with Crippen molar-refractivity contribution in [2.24, 2.45) is 5.41 Å². The number of non-ortho nitro benzene ring substituents is 1. The molecule has 4 rings (SSSR count). The summed E-state index contributed by atoms with van der Waals surface area (Å²) in [4.78, 5) is 53.9. The van der Waals surface area contributed by atoms with Crippen LogP contribution in [0.15, 0.2) is 18.2 Å². The maximum Gasteiger partial charge on any atom is 0.332 e. The van der Waals surface area contributed by atoms with Gasteiger partial charge in [0.2, 0.25) is 11.8 Å². The van der Waals surface area contributed by atoms with Crippen LogP contribution in [0.1, 0.15) is 31.2 Å². The van der Waals surface area contributed by atoms with Gasteiger partial charge >= 0.3 is 6.03 Å². The van der Waals surface area contributed by atoms with Gasteiger partial charge in [0.1, 0.15) is 0 Å². The fourth-order valence-electron chi connectivity index (χ4n) is 4.96. The summed E-state index contributed by atoms with van der Waals surface area (Å²) < 4.78 is 0. The van der Waals surface area contributed by atoms with Gasteiger partial charge in [0.15, 0.2) is 5.41 Å². The van der Waals surface area contributed by atoms with Crippen LogP contribution in [0.3, 0.4) is 0 Å². The average molecular weight is 386 g/mol. The van der Waals surface area contributed by atoms with Crippen molar-refractivity contribution in [1.29, 1.82) is 0 Å². The number of imide groups is 2. The third kappa shape index (κ3) is 2.35. The summed E-state index contributed by atoms with van der Waals surface area (Å²) in [6.07, 6.45) is 3.50. The zero-order chi connectivity index (χ0) is 20.2. The lowest BCUT2D eigenvalue weighted by molar-refractivity contribution is -0.384. The zero-order valence-corrected chi connectivity index (χ0v) is 15.9. The Morgan fingerprint density at radius 3 is 2.39 bits per heavy atom. The van der Waals surface area contributed by atoms with E-state index in [2.05, 4.69) is 4.90 Å². The normalized spacial score (nSPS) is 24.1. The Bertz CT molecular complexity index is 874. The summed E-state index contributed by atoms with van der Waals surface area (Å²) in [5.41, 5.74) is -0.0731. The van der Waals surface area contributed by atoms with Gasteiger partial charge in [-0.1, -0.05) is 12.8 Å². The van der Waals surface area contributed by atoms with E-state index in [-0.39, 0.29) is 18.2 Å². The Hall–Kier alpha value is -2.97. The van der Waals surface area contributed by atoms with E-state index >= 15 is 0 Å². The predicted octanol–water partition coefficient (Wildman–Crippen LogP) is 1.94. The maximum absolute atomic E-state index is 13.4. The molecule has 1 spiro atoms. The van der Waals surface area contributed by atoms with Crippen LogP contribution in [-0.4, -0.2) is 59.3 Å². The number of carbonyl (C=O) groups is 3. The lowest BCUT2D eigenvalue weighted by atomic mass is 9.67. The number of amides is 4. The molecule has 9 heteroatoms. The molecule has 3 heterocycles. The van der Waals surface area contributed by atoms with Gasteiger partial charge in [-0.3, -0.25) is 29.5 Å². The van der Waals surface area contributed by atoms with Crippen molar-refractivity contribution in [1.82, 2.24) is 9.80 Å². The van der Waals surface area contributed by atoms with Gasteiger partial charge < -0.3 is 4.90 Å². The molecule has 9 nitrogen and oxygen atoms in total. The fraction of sp³-hybridized carbons (Fsp3) is 0.526. The molecular formula is C19H22N4O5. The van der Waals surface area contributed by atoms with E-state index in [0.717, 1.165) is 34.7 Å². The van der Waals surface area contributed by atoms with Crippen molar-refractivity contribution in [3.63, 3.8) is 0 Å². The molecule has 0 radical (unpaired) electrons. The van der Waals surface area contributed by atoms with E-state index in [9.17, 15) is 24.5 Å². The number of hydrogen-bond donors (Lipinski definition) is 0. The number of nitro groups is 1. The first-order chi connectivity index (χ1) is 13.3. The van der Waals surface area contributed by atoms with Crippen molar-refractivity contribution < 1.29 is 19.3 Å². The van der Waals surface area contributed by atoms with Gasteiger partial charge in [0.05, 0.1) is 11.0 Å². The third-order valence-electron chi connectivity index (χ3n) is 6.32. The second-order valence-electron chi connectivity index (χ2n) is 7.79. The number of anilines is 1. The summed E-state index contributed by atoms with van der Waals surface area (Å²) in [6, 6.07) is 3.61. The van der Waals surface area contributed by atoms with Gasteiger partial charge in [-0.15, -0.1) is 0 Å². The monoisotopic (exact) mass is 386 g/mol. The Morgan fingerprint density at radius 1 is 1.07 bits per heavy atom. The first-order valence-electron chi connectivity index (χ1n) is 9.43. The minimum absolute atomic E-state index is 0.0603. The highest BCUT2D eigenvalue weighted by atomic mass is 16.6. The highest BCUT2D eigenvalue weighted by molar-refractivity contribution is 6.20. The second kappa shape index (κ2) is 6.29. The molecule has 3 aliphatic heterocycles. The molecule has 1 atom stereocenters.